The maximum atomic E-state index is 14.0. The first-order chi connectivity index (χ1) is 16.8. The number of anilines is 2. The Morgan fingerprint density at radius 3 is 2.31 bits per heavy atom. The summed E-state index contributed by atoms with van der Waals surface area (Å²) in [6.07, 6.45) is 1.91. The van der Waals surface area contributed by atoms with E-state index in [0.717, 1.165) is 25.9 Å². The molecular weight excluding hydrogens is 455 g/mol. The fourth-order valence-corrected chi connectivity index (χ4v) is 4.52. The van der Waals surface area contributed by atoms with Crippen molar-refractivity contribution >= 4 is 28.9 Å². The van der Waals surface area contributed by atoms with Crippen LogP contribution < -0.4 is 9.80 Å². The Balaban J connectivity index is 1.32. The van der Waals surface area contributed by atoms with Gasteiger partial charge < -0.3 is 19.4 Å². The summed E-state index contributed by atoms with van der Waals surface area (Å²) in [5.74, 6) is -0.874. The lowest BCUT2D eigenvalue weighted by molar-refractivity contribution is -0.384. The Kier molecular flexibility index (Phi) is 7.48. The van der Waals surface area contributed by atoms with Gasteiger partial charge >= 0.3 is 5.97 Å². The highest BCUT2D eigenvalue weighted by Gasteiger charge is 2.27. The molecule has 2 aromatic carbocycles. The number of ether oxygens (including phenoxy) is 1. The van der Waals surface area contributed by atoms with Gasteiger partial charge in [-0.2, -0.15) is 0 Å². The average Bonchev–Trinajstić information content (AvgIpc) is 2.87. The number of carbonyl (C=O) groups is 2. The number of halogens is 1. The molecule has 2 saturated heterocycles. The minimum Gasteiger partial charge on any atom is -0.452 e. The van der Waals surface area contributed by atoms with Crippen LogP contribution in [0.25, 0.3) is 0 Å². The van der Waals surface area contributed by atoms with Crippen molar-refractivity contribution in [3.05, 3.63) is 64.0 Å². The topological polar surface area (TPSA) is 96.2 Å². The molecule has 2 aliphatic heterocycles. The van der Waals surface area contributed by atoms with Gasteiger partial charge in [0.2, 0.25) is 0 Å². The molecule has 0 N–H and O–H groups in total. The van der Waals surface area contributed by atoms with Crippen LogP contribution in [0.4, 0.5) is 21.5 Å². The second kappa shape index (κ2) is 10.7. The summed E-state index contributed by atoms with van der Waals surface area (Å²) in [5.41, 5.74) is 0.866. The van der Waals surface area contributed by atoms with Crippen LogP contribution in [-0.4, -0.2) is 67.6 Å². The van der Waals surface area contributed by atoms with Gasteiger partial charge in [-0.3, -0.25) is 14.9 Å². The van der Waals surface area contributed by atoms with Gasteiger partial charge in [0.25, 0.3) is 11.6 Å². The molecule has 1 amide bonds. The van der Waals surface area contributed by atoms with E-state index in [9.17, 15) is 24.1 Å². The van der Waals surface area contributed by atoms with E-state index in [4.69, 9.17) is 4.74 Å². The highest BCUT2D eigenvalue weighted by Crippen LogP contribution is 2.32. The number of piperazine rings is 1. The molecule has 0 saturated carbocycles. The molecule has 0 radical (unpaired) electrons. The van der Waals surface area contributed by atoms with Crippen molar-refractivity contribution in [2.24, 2.45) is 5.92 Å². The molecular formula is C25H29FN4O5. The van der Waals surface area contributed by atoms with Crippen LogP contribution >= 0.6 is 0 Å². The first kappa shape index (κ1) is 24.4. The number of amides is 1. The zero-order valence-electron chi connectivity index (χ0n) is 19.7. The molecule has 2 heterocycles. The van der Waals surface area contributed by atoms with Crippen LogP contribution in [0.1, 0.15) is 30.1 Å². The lowest BCUT2D eigenvalue weighted by atomic mass is 9.98. The number of nitro groups is 1. The van der Waals surface area contributed by atoms with Crippen molar-refractivity contribution in [2.45, 2.75) is 19.8 Å². The standard InChI is InChI=1S/C25H29FN4O5/c1-18-8-10-27(11-9-18)22-7-6-19(16-23(22)30(33)34)25(32)35-17-24(31)29-14-12-28(13-15-29)21-5-3-2-4-20(21)26/h2-7,16,18H,8-15,17H2,1H3. The van der Waals surface area contributed by atoms with E-state index in [0.29, 0.717) is 43.5 Å². The smallest absolute Gasteiger partial charge is 0.338 e. The number of piperidine rings is 1. The first-order valence-corrected chi connectivity index (χ1v) is 11.8. The van der Waals surface area contributed by atoms with E-state index >= 15 is 0 Å². The Labute approximate surface area is 203 Å². The predicted molar refractivity (Wildman–Crippen MR) is 129 cm³/mol. The number of hydrogen-bond donors (Lipinski definition) is 0. The van der Waals surface area contributed by atoms with Crippen molar-refractivity contribution in [3.63, 3.8) is 0 Å². The molecule has 2 fully saturated rings. The summed E-state index contributed by atoms with van der Waals surface area (Å²) in [6, 6.07) is 10.8. The molecule has 0 bridgehead atoms. The molecule has 10 heteroatoms. The van der Waals surface area contributed by atoms with E-state index in [1.54, 1.807) is 29.2 Å². The molecule has 35 heavy (non-hydrogen) atoms. The summed E-state index contributed by atoms with van der Waals surface area (Å²) >= 11 is 0. The second-order valence-corrected chi connectivity index (χ2v) is 9.03. The van der Waals surface area contributed by atoms with Crippen LogP contribution in [0.15, 0.2) is 42.5 Å². The molecule has 0 unspecified atom stereocenters. The van der Waals surface area contributed by atoms with Gasteiger partial charge in [0.05, 0.1) is 16.2 Å². The zero-order chi connectivity index (χ0) is 24.9. The fraction of sp³-hybridized carbons (Fsp3) is 0.440. The quantitative estimate of drug-likeness (QED) is 0.352. The summed E-state index contributed by atoms with van der Waals surface area (Å²) < 4.78 is 19.2. The Morgan fingerprint density at radius 1 is 1.00 bits per heavy atom. The van der Waals surface area contributed by atoms with Crippen LogP contribution in [0.5, 0.6) is 0 Å². The summed E-state index contributed by atoms with van der Waals surface area (Å²) in [4.78, 5) is 41.7. The fourth-order valence-electron chi connectivity index (χ4n) is 4.52. The Morgan fingerprint density at radius 2 is 1.66 bits per heavy atom. The van der Waals surface area contributed by atoms with Crippen LogP contribution in [0, 0.1) is 21.8 Å². The van der Waals surface area contributed by atoms with Crippen LogP contribution in [-0.2, 0) is 9.53 Å². The zero-order valence-corrected chi connectivity index (χ0v) is 19.7. The molecule has 0 spiro atoms. The van der Waals surface area contributed by atoms with Gasteiger partial charge in [-0.25, -0.2) is 9.18 Å². The van der Waals surface area contributed by atoms with E-state index < -0.39 is 17.5 Å². The van der Waals surface area contributed by atoms with E-state index in [2.05, 4.69) is 6.92 Å². The molecule has 186 valence electrons. The summed E-state index contributed by atoms with van der Waals surface area (Å²) in [6.45, 7) is 4.83. The molecule has 0 aliphatic carbocycles. The highest BCUT2D eigenvalue weighted by molar-refractivity contribution is 5.93. The number of benzene rings is 2. The third-order valence-electron chi connectivity index (χ3n) is 6.68. The minimum atomic E-state index is -0.787. The monoisotopic (exact) mass is 484 g/mol. The Hall–Kier alpha value is -3.69. The minimum absolute atomic E-state index is 0.0306. The number of rotatable bonds is 6. The number of esters is 1. The second-order valence-electron chi connectivity index (χ2n) is 9.03. The Bertz CT molecular complexity index is 1100. The molecule has 0 atom stereocenters. The average molecular weight is 485 g/mol. The van der Waals surface area contributed by atoms with Crippen LogP contribution in [0.2, 0.25) is 0 Å². The van der Waals surface area contributed by atoms with E-state index in [1.807, 2.05) is 9.80 Å². The van der Waals surface area contributed by atoms with Crippen molar-refractivity contribution < 1.29 is 23.6 Å². The van der Waals surface area contributed by atoms with Gasteiger partial charge in [0.1, 0.15) is 11.5 Å². The third-order valence-corrected chi connectivity index (χ3v) is 6.68. The number of carbonyl (C=O) groups excluding carboxylic acids is 2. The van der Waals surface area contributed by atoms with E-state index in [1.165, 1.54) is 18.2 Å². The third kappa shape index (κ3) is 5.70. The maximum absolute atomic E-state index is 14.0. The molecule has 4 rings (SSSR count). The normalized spacial score (nSPS) is 16.8. The van der Waals surface area contributed by atoms with Gasteiger partial charge in [-0.05, 0) is 43.0 Å². The highest BCUT2D eigenvalue weighted by atomic mass is 19.1. The van der Waals surface area contributed by atoms with Crippen molar-refractivity contribution in [1.82, 2.24) is 4.90 Å². The SMILES string of the molecule is CC1CCN(c2ccc(C(=O)OCC(=O)N3CCN(c4ccccc4F)CC3)cc2[N+](=O)[O-])CC1. The lowest BCUT2D eigenvalue weighted by Gasteiger charge is -2.36. The number of hydrogen-bond acceptors (Lipinski definition) is 7. The van der Waals surface area contributed by atoms with Crippen molar-refractivity contribution in [3.8, 4) is 0 Å². The van der Waals surface area contributed by atoms with Gasteiger partial charge in [-0.1, -0.05) is 19.1 Å². The van der Waals surface area contributed by atoms with Gasteiger partial charge in [0.15, 0.2) is 6.61 Å². The summed E-state index contributed by atoms with van der Waals surface area (Å²) in [5, 5.41) is 11.7. The molecule has 9 nitrogen and oxygen atoms in total. The summed E-state index contributed by atoms with van der Waals surface area (Å²) in [7, 11) is 0. The number of nitrogens with zero attached hydrogens (tertiary/aromatic N) is 4. The molecule has 0 aromatic heterocycles. The number of nitro benzene ring substituents is 1. The largest absolute Gasteiger partial charge is 0.452 e. The van der Waals surface area contributed by atoms with Gasteiger partial charge in [0, 0.05) is 45.3 Å². The lowest BCUT2D eigenvalue weighted by Crippen LogP contribution is -2.50. The molecule has 2 aliphatic rings. The van der Waals surface area contributed by atoms with Gasteiger partial charge in [-0.15, -0.1) is 0 Å². The van der Waals surface area contributed by atoms with Crippen molar-refractivity contribution in [2.75, 3.05) is 55.7 Å². The number of para-hydroxylation sites is 1. The van der Waals surface area contributed by atoms with E-state index in [-0.39, 0.29) is 23.0 Å². The van der Waals surface area contributed by atoms with Crippen LogP contribution in [0.3, 0.4) is 0 Å². The van der Waals surface area contributed by atoms with Crippen molar-refractivity contribution in [1.29, 1.82) is 0 Å². The maximum Gasteiger partial charge on any atom is 0.338 e. The first-order valence-electron chi connectivity index (χ1n) is 11.8. The predicted octanol–water partition coefficient (Wildman–Crippen LogP) is 3.48. The molecule has 2 aromatic rings.